The number of hydrogen-bond acceptors (Lipinski definition) is 3. The first-order chi connectivity index (χ1) is 7.84. The molecule has 0 amide bonds. The fourth-order valence-electron chi connectivity index (χ4n) is 2.72. The molecule has 1 aromatic rings. The van der Waals surface area contributed by atoms with Crippen molar-refractivity contribution in [1.82, 2.24) is 5.32 Å². The van der Waals surface area contributed by atoms with Crippen molar-refractivity contribution in [3.8, 4) is 5.75 Å². The molecule has 16 heavy (non-hydrogen) atoms. The van der Waals surface area contributed by atoms with Crippen LogP contribution in [-0.2, 0) is 11.3 Å². The normalized spacial score (nSPS) is 28.1. The van der Waals surface area contributed by atoms with Crippen molar-refractivity contribution in [3.05, 3.63) is 29.3 Å². The fraction of sp³-hybridized carbons (Fsp3) is 0.538. The van der Waals surface area contributed by atoms with Crippen LogP contribution < -0.4 is 10.1 Å². The Morgan fingerprint density at radius 2 is 2.38 bits per heavy atom. The summed E-state index contributed by atoms with van der Waals surface area (Å²) in [7, 11) is 1.74. The predicted molar refractivity (Wildman–Crippen MR) is 68.1 cm³/mol. The van der Waals surface area contributed by atoms with Crippen LogP contribution in [0.3, 0.4) is 0 Å². The van der Waals surface area contributed by atoms with Gasteiger partial charge in [0.15, 0.2) is 0 Å². The molecule has 1 N–H and O–H groups in total. The quantitative estimate of drug-likeness (QED) is 0.808. The van der Waals surface area contributed by atoms with E-state index >= 15 is 0 Å². The first-order valence-corrected chi connectivity index (χ1v) is 6.89. The summed E-state index contributed by atoms with van der Waals surface area (Å²) in [6.07, 6.45) is 3.70. The highest BCUT2D eigenvalue weighted by molar-refractivity contribution is 8.00. The number of hydrogen-bond donors (Lipinski definition) is 1. The van der Waals surface area contributed by atoms with Crippen LogP contribution in [-0.4, -0.2) is 19.4 Å². The van der Waals surface area contributed by atoms with Crippen molar-refractivity contribution >= 4 is 11.8 Å². The Kier molecular flexibility index (Phi) is 2.60. The van der Waals surface area contributed by atoms with E-state index in [1.165, 1.54) is 36.1 Å². The lowest BCUT2D eigenvalue weighted by molar-refractivity contribution is 0.411. The Morgan fingerprint density at radius 3 is 3.12 bits per heavy atom. The summed E-state index contributed by atoms with van der Waals surface area (Å²) in [5.41, 5.74) is 2.94. The molecule has 1 aliphatic heterocycles. The molecule has 2 aliphatic rings. The van der Waals surface area contributed by atoms with E-state index in [0.717, 1.165) is 12.3 Å². The van der Waals surface area contributed by atoms with Gasteiger partial charge in [-0.3, -0.25) is 5.32 Å². The van der Waals surface area contributed by atoms with Gasteiger partial charge in [0.2, 0.25) is 0 Å². The zero-order valence-corrected chi connectivity index (χ0v) is 10.4. The molecule has 1 unspecified atom stereocenters. The number of nitrogens with one attached hydrogen (secondary N) is 1. The van der Waals surface area contributed by atoms with Gasteiger partial charge in [-0.15, -0.1) is 11.8 Å². The third kappa shape index (κ3) is 1.54. The summed E-state index contributed by atoms with van der Waals surface area (Å²) in [5.74, 6) is 2.25. The highest BCUT2D eigenvalue weighted by atomic mass is 32.2. The van der Waals surface area contributed by atoms with Crippen LogP contribution in [0.5, 0.6) is 5.75 Å². The van der Waals surface area contributed by atoms with Crippen molar-refractivity contribution in [2.45, 2.75) is 24.1 Å². The van der Waals surface area contributed by atoms with Gasteiger partial charge in [-0.2, -0.15) is 0 Å². The van der Waals surface area contributed by atoms with E-state index in [1.807, 2.05) is 0 Å². The molecule has 0 saturated carbocycles. The average molecular weight is 235 g/mol. The van der Waals surface area contributed by atoms with Gasteiger partial charge in [0.05, 0.1) is 12.0 Å². The minimum atomic E-state index is 0.183. The first kappa shape index (κ1) is 10.5. The van der Waals surface area contributed by atoms with Crippen LogP contribution in [0.15, 0.2) is 18.2 Å². The van der Waals surface area contributed by atoms with E-state index in [4.69, 9.17) is 4.74 Å². The zero-order valence-electron chi connectivity index (χ0n) is 9.58. The van der Waals surface area contributed by atoms with Gasteiger partial charge in [0.25, 0.3) is 0 Å². The van der Waals surface area contributed by atoms with E-state index in [1.54, 1.807) is 7.11 Å². The van der Waals surface area contributed by atoms with Crippen LogP contribution >= 0.6 is 11.8 Å². The SMILES string of the molecule is COc1ccc2c(c1)C1(CC2)NCCCS1. The molecule has 1 spiro atoms. The molecule has 1 aromatic carbocycles. The smallest absolute Gasteiger partial charge is 0.119 e. The Labute approximate surface area is 101 Å². The van der Waals surface area contributed by atoms with Crippen molar-refractivity contribution < 1.29 is 4.74 Å². The molecule has 1 aliphatic carbocycles. The molecule has 2 nitrogen and oxygen atoms in total. The van der Waals surface area contributed by atoms with Gasteiger partial charge >= 0.3 is 0 Å². The van der Waals surface area contributed by atoms with Crippen molar-refractivity contribution in [2.75, 3.05) is 19.4 Å². The van der Waals surface area contributed by atoms with E-state index in [-0.39, 0.29) is 4.87 Å². The second-order valence-electron chi connectivity index (χ2n) is 4.48. The molecule has 1 saturated heterocycles. The van der Waals surface area contributed by atoms with Crippen LogP contribution in [0, 0.1) is 0 Å². The lowest BCUT2D eigenvalue weighted by Gasteiger charge is -2.35. The number of rotatable bonds is 1. The van der Waals surface area contributed by atoms with Crippen molar-refractivity contribution in [1.29, 1.82) is 0 Å². The molecule has 1 heterocycles. The predicted octanol–water partition coefficient (Wildman–Crippen LogP) is 2.52. The summed E-state index contributed by atoms with van der Waals surface area (Å²) >= 11 is 2.07. The molecule has 3 rings (SSSR count). The Bertz CT molecular complexity index is 393. The van der Waals surface area contributed by atoms with Gasteiger partial charge in [-0.1, -0.05) is 6.07 Å². The maximum absolute atomic E-state index is 5.34. The third-order valence-corrected chi connectivity index (χ3v) is 5.13. The first-order valence-electron chi connectivity index (χ1n) is 5.90. The number of thioether (sulfide) groups is 1. The Morgan fingerprint density at radius 1 is 1.44 bits per heavy atom. The number of benzene rings is 1. The summed E-state index contributed by atoms with van der Waals surface area (Å²) in [6.45, 7) is 1.14. The van der Waals surface area contributed by atoms with Crippen molar-refractivity contribution in [3.63, 3.8) is 0 Å². The topological polar surface area (TPSA) is 21.3 Å². The second-order valence-corrected chi connectivity index (χ2v) is 5.87. The molecule has 1 atom stereocenters. The molecule has 0 aromatic heterocycles. The van der Waals surface area contributed by atoms with Crippen molar-refractivity contribution in [2.24, 2.45) is 0 Å². The van der Waals surface area contributed by atoms with Crippen LogP contribution in [0.2, 0.25) is 0 Å². The summed E-state index contributed by atoms with van der Waals surface area (Å²) in [5, 5.41) is 3.71. The molecular formula is C13H17NOS. The second kappa shape index (κ2) is 3.97. The fourth-order valence-corrected chi connectivity index (χ4v) is 4.15. The Balaban J connectivity index is 2.02. The highest BCUT2D eigenvalue weighted by Gasteiger charge is 2.40. The summed E-state index contributed by atoms with van der Waals surface area (Å²) in [4.78, 5) is 0.183. The standard InChI is InChI=1S/C13H17NOS/c1-15-11-4-3-10-5-6-13(12(10)9-11)14-7-2-8-16-13/h3-4,9,14H,2,5-8H2,1H3. The van der Waals surface area contributed by atoms with E-state index in [0.29, 0.717) is 0 Å². The lowest BCUT2D eigenvalue weighted by atomic mass is 10.1. The monoisotopic (exact) mass is 235 g/mol. The highest BCUT2D eigenvalue weighted by Crippen LogP contribution is 2.47. The molecule has 0 bridgehead atoms. The van der Waals surface area contributed by atoms with E-state index < -0.39 is 0 Å². The minimum Gasteiger partial charge on any atom is -0.497 e. The zero-order chi connectivity index (χ0) is 11.0. The largest absolute Gasteiger partial charge is 0.497 e. The average Bonchev–Trinajstić information content (AvgIpc) is 2.69. The number of methoxy groups -OCH3 is 1. The molecule has 86 valence electrons. The molecule has 0 radical (unpaired) electrons. The van der Waals surface area contributed by atoms with Gasteiger partial charge in [-0.05, 0) is 54.8 Å². The van der Waals surface area contributed by atoms with E-state index in [9.17, 15) is 0 Å². The summed E-state index contributed by atoms with van der Waals surface area (Å²) < 4.78 is 5.34. The van der Waals surface area contributed by atoms with Gasteiger partial charge in [0.1, 0.15) is 5.75 Å². The van der Waals surface area contributed by atoms with Gasteiger partial charge in [-0.25, -0.2) is 0 Å². The number of ether oxygens (including phenoxy) is 1. The van der Waals surface area contributed by atoms with Gasteiger partial charge in [0, 0.05) is 0 Å². The number of aryl methyl sites for hydroxylation is 1. The van der Waals surface area contributed by atoms with Crippen LogP contribution in [0.25, 0.3) is 0 Å². The minimum absolute atomic E-state index is 0.183. The maximum atomic E-state index is 5.34. The lowest BCUT2D eigenvalue weighted by Crippen LogP contribution is -2.41. The third-order valence-electron chi connectivity index (χ3n) is 3.58. The number of fused-ring (bicyclic) bond motifs is 2. The van der Waals surface area contributed by atoms with E-state index in [2.05, 4.69) is 35.3 Å². The molecular weight excluding hydrogens is 218 g/mol. The van der Waals surface area contributed by atoms with Gasteiger partial charge < -0.3 is 4.74 Å². The molecule has 3 heteroatoms. The maximum Gasteiger partial charge on any atom is 0.119 e. The summed E-state index contributed by atoms with van der Waals surface area (Å²) in [6, 6.07) is 6.51. The molecule has 1 fully saturated rings. The van der Waals surface area contributed by atoms with Crippen LogP contribution in [0.1, 0.15) is 24.0 Å². The Hall–Kier alpha value is -0.670. The van der Waals surface area contributed by atoms with Crippen LogP contribution in [0.4, 0.5) is 0 Å².